The molecule has 2 nitrogen and oxygen atoms in total. The van der Waals surface area contributed by atoms with Crippen LogP contribution in [0.2, 0.25) is 15.1 Å². The fraction of sp³-hybridized carbons (Fsp3) is 0.278. The monoisotopic (exact) mass is 423 g/mol. The molecule has 0 amide bonds. The van der Waals surface area contributed by atoms with Gasteiger partial charge in [0.25, 0.3) is 0 Å². The summed E-state index contributed by atoms with van der Waals surface area (Å²) in [5.74, 6) is 0. The Morgan fingerprint density at radius 3 is 2.38 bits per heavy atom. The summed E-state index contributed by atoms with van der Waals surface area (Å²) in [7, 11) is 0. The van der Waals surface area contributed by atoms with Crippen LogP contribution in [0.15, 0.2) is 41.6 Å². The molecule has 0 spiro atoms. The highest BCUT2D eigenvalue weighted by molar-refractivity contribution is 6.42. The average Bonchev–Trinajstić information content (AvgIpc) is 2.56. The molecule has 0 heterocycles. The van der Waals surface area contributed by atoms with Crippen LogP contribution in [0, 0.1) is 0 Å². The van der Waals surface area contributed by atoms with Crippen molar-refractivity contribution >= 4 is 40.5 Å². The minimum atomic E-state index is -4.52. The molecule has 0 aliphatic rings. The van der Waals surface area contributed by atoms with Crippen molar-refractivity contribution in [2.75, 3.05) is 0 Å². The Balaban J connectivity index is 2.29. The van der Waals surface area contributed by atoms with E-state index in [4.69, 9.17) is 39.6 Å². The molecule has 0 atom stereocenters. The molecular formula is C18H15Cl3F3NO. The Kier molecular flexibility index (Phi) is 7.21. The lowest BCUT2D eigenvalue weighted by Gasteiger charge is -2.14. The van der Waals surface area contributed by atoms with Crippen LogP contribution in [0.25, 0.3) is 0 Å². The van der Waals surface area contributed by atoms with Crippen molar-refractivity contribution in [1.29, 1.82) is 0 Å². The van der Waals surface area contributed by atoms with Gasteiger partial charge in [-0.25, -0.2) is 0 Å². The summed E-state index contributed by atoms with van der Waals surface area (Å²) in [5.41, 5.74) is -0.00301. The zero-order chi connectivity index (χ0) is 19.3. The Hall–Kier alpha value is -1.43. The van der Waals surface area contributed by atoms with Gasteiger partial charge in [-0.15, -0.1) is 0 Å². The number of benzene rings is 2. The molecule has 0 aliphatic heterocycles. The van der Waals surface area contributed by atoms with Crippen molar-refractivity contribution in [2.24, 2.45) is 5.16 Å². The zero-order valence-electron chi connectivity index (χ0n) is 13.7. The fourth-order valence-corrected chi connectivity index (χ4v) is 2.78. The van der Waals surface area contributed by atoms with Gasteiger partial charge in [0.15, 0.2) is 0 Å². The second-order valence-corrected chi connectivity index (χ2v) is 6.75. The van der Waals surface area contributed by atoms with E-state index in [0.717, 1.165) is 6.07 Å². The lowest BCUT2D eigenvalue weighted by atomic mass is 9.99. The van der Waals surface area contributed by atoms with Gasteiger partial charge >= 0.3 is 6.18 Å². The third-order valence-electron chi connectivity index (χ3n) is 3.47. The third-order valence-corrected chi connectivity index (χ3v) is 4.45. The SMILES string of the molecule is CCC/C(=N\OCc1ccc(Cl)c(Cl)c1)c1cc(Cl)ccc1C(F)(F)F. The van der Waals surface area contributed by atoms with Crippen LogP contribution in [0.3, 0.4) is 0 Å². The van der Waals surface area contributed by atoms with Crippen LogP contribution in [0.5, 0.6) is 0 Å². The van der Waals surface area contributed by atoms with E-state index < -0.39 is 11.7 Å². The summed E-state index contributed by atoms with van der Waals surface area (Å²) in [6.45, 7) is 1.89. The molecule has 0 N–H and O–H groups in total. The predicted octanol–water partition coefficient (Wildman–Crippen LogP) is 7.39. The molecule has 0 radical (unpaired) electrons. The van der Waals surface area contributed by atoms with E-state index in [1.165, 1.54) is 12.1 Å². The fourth-order valence-electron chi connectivity index (χ4n) is 2.28. The van der Waals surface area contributed by atoms with E-state index in [1.807, 2.05) is 6.92 Å². The number of halogens is 6. The molecule has 140 valence electrons. The van der Waals surface area contributed by atoms with Crippen LogP contribution in [0.4, 0.5) is 13.2 Å². The molecule has 26 heavy (non-hydrogen) atoms. The van der Waals surface area contributed by atoms with Crippen molar-refractivity contribution in [3.8, 4) is 0 Å². The molecule has 0 aromatic heterocycles. The lowest BCUT2D eigenvalue weighted by Crippen LogP contribution is -2.14. The molecule has 0 fully saturated rings. The summed E-state index contributed by atoms with van der Waals surface area (Å²) in [4.78, 5) is 5.27. The van der Waals surface area contributed by atoms with Gasteiger partial charge in [-0.05, 0) is 42.3 Å². The zero-order valence-corrected chi connectivity index (χ0v) is 16.0. The summed E-state index contributed by atoms with van der Waals surface area (Å²) in [6, 6.07) is 8.32. The van der Waals surface area contributed by atoms with Crippen molar-refractivity contribution in [3.05, 3.63) is 68.2 Å². The normalized spacial score (nSPS) is 12.3. The summed E-state index contributed by atoms with van der Waals surface area (Å²) in [6.07, 6.45) is -3.61. The highest BCUT2D eigenvalue weighted by atomic mass is 35.5. The van der Waals surface area contributed by atoms with E-state index in [0.29, 0.717) is 28.5 Å². The van der Waals surface area contributed by atoms with E-state index in [1.54, 1.807) is 18.2 Å². The molecule has 8 heteroatoms. The van der Waals surface area contributed by atoms with E-state index in [-0.39, 0.29) is 22.9 Å². The second-order valence-electron chi connectivity index (χ2n) is 5.50. The number of nitrogens with zero attached hydrogens (tertiary/aromatic N) is 1. The highest BCUT2D eigenvalue weighted by Gasteiger charge is 2.34. The first-order valence-corrected chi connectivity index (χ1v) is 8.85. The minimum Gasteiger partial charge on any atom is -0.391 e. The van der Waals surface area contributed by atoms with Gasteiger partial charge in [0.1, 0.15) is 6.61 Å². The maximum Gasteiger partial charge on any atom is 0.417 e. The maximum atomic E-state index is 13.3. The van der Waals surface area contributed by atoms with Crippen LogP contribution in [0.1, 0.15) is 36.5 Å². The number of hydrogen-bond donors (Lipinski definition) is 0. The standard InChI is InChI=1S/C18H15Cl3F3NO/c1-2-3-17(13-9-12(19)5-6-14(13)18(22,23)24)25-26-10-11-4-7-15(20)16(21)8-11/h4-9H,2-3,10H2,1H3/b25-17+. The van der Waals surface area contributed by atoms with Gasteiger partial charge in [-0.1, -0.05) is 59.4 Å². The van der Waals surface area contributed by atoms with E-state index >= 15 is 0 Å². The smallest absolute Gasteiger partial charge is 0.391 e. The van der Waals surface area contributed by atoms with Crippen LogP contribution < -0.4 is 0 Å². The molecule has 0 aliphatic carbocycles. The van der Waals surface area contributed by atoms with Crippen LogP contribution in [-0.4, -0.2) is 5.71 Å². The van der Waals surface area contributed by atoms with Crippen molar-refractivity contribution in [2.45, 2.75) is 32.5 Å². The van der Waals surface area contributed by atoms with Gasteiger partial charge < -0.3 is 4.84 Å². The Morgan fingerprint density at radius 1 is 1.04 bits per heavy atom. The molecule has 0 unspecified atom stereocenters. The summed E-state index contributed by atoms with van der Waals surface area (Å²) in [5, 5.41) is 4.89. The number of hydrogen-bond acceptors (Lipinski definition) is 2. The van der Waals surface area contributed by atoms with Crippen molar-refractivity contribution < 1.29 is 18.0 Å². The topological polar surface area (TPSA) is 21.6 Å². The predicted molar refractivity (Wildman–Crippen MR) is 99.2 cm³/mol. The number of alkyl halides is 3. The summed E-state index contributed by atoms with van der Waals surface area (Å²) >= 11 is 17.7. The first-order valence-electron chi connectivity index (χ1n) is 7.72. The Bertz CT molecular complexity index is 807. The number of rotatable bonds is 6. The largest absolute Gasteiger partial charge is 0.417 e. The second kappa shape index (κ2) is 8.98. The molecule has 0 saturated heterocycles. The van der Waals surface area contributed by atoms with Crippen LogP contribution in [-0.2, 0) is 17.6 Å². The first-order chi connectivity index (χ1) is 12.2. The lowest BCUT2D eigenvalue weighted by molar-refractivity contribution is -0.137. The van der Waals surface area contributed by atoms with Gasteiger partial charge in [-0.2, -0.15) is 13.2 Å². The molecule has 2 rings (SSSR count). The molecular weight excluding hydrogens is 410 g/mol. The van der Waals surface area contributed by atoms with Crippen molar-refractivity contribution in [3.63, 3.8) is 0 Å². The number of oxime groups is 1. The van der Waals surface area contributed by atoms with Gasteiger partial charge in [0.05, 0.1) is 21.3 Å². The van der Waals surface area contributed by atoms with Gasteiger partial charge in [0.2, 0.25) is 0 Å². The molecule has 0 bridgehead atoms. The van der Waals surface area contributed by atoms with Crippen LogP contribution >= 0.6 is 34.8 Å². The molecule has 2 aromatic carbocycles. The summed E-state index contributed by atoms with van der Waals surface area (Å²) < 4.78 is 39.9. The maximum absolute atomic E-state index is 13.3. The molecule has 2 aromatic rings. The van der Waals surface area contributed by atoms with Gasteiger partial charge in [0, 0.05) is 10.6 Å². The Morgan fingerprint density at radius 2 is 1.77 bits per heavy atom. The quantitative estimate of drug-likeness (QED) is 0.350. The minimum absolute atomic E-state index is 0.0476. The average molecular weight is 425 g/mol. The van der Waals surface area contributed by atoms with E-state index in [2.05, 4.69) is 5.16 Å². The first kappa shape index (κ1) is 20.9. The third kappa shape index (κ3) is 5.53. The highest BCUT2D eigenvalue weighted by Crippen LogP contribution is 2.34. The molecule has 0 saturated carbocycles. The van der Waals surface area contributed by atoms with Crippen molar-refractivity contribution in [1.82, 2.24) is 0 Å². The van der Waals surface area contributed by atoms with Gasteiger partial charge in [-0.3, -0.25) is 0 Å². The Labute approximate surface area is 164 Å². The van der Waals surface area contributed by atoms with E-state index in [9.17, 15) is 13.2 Å².